The van der Waals surface area contributed by atoms with Crippen LogP contribution in [0.3, 0.4) is 0 Å². The van der Waals surface area contributed by atoms with Gasteiger partial charge in [-0.05, 0) is 25.8 Å². The Hall–Kier alpha value is -0.770. The van der Waals surface area contributed by atoms with E-state index in [2.05, 4.69) is 27.9 Å². The van der Waals surface area contributed by atoms with Crippen LogP contribution >= 0.6 is 0 Å². The maximum Gasteiger partial charge on any atom is 0.191 e. The van der Waals surface area contributed by atoms with E-state index in [1.54, 1.807) is 0 Å². The van der Waals surface area contributed by atoms with E-state index in [-0.39, 0.29) is 0 Å². The van der Waals surface area contributed by atoms with Crippen LogP contribution in [0.4, 0.5) is 0 Å². The van der Waals surface area contributed by atoms with Gasteiger partial charge in [0.05, 0.1) is 6.54 Å². The number of guanidine groups is 1. The third-order valence-corrected chi connectivity index (χ3v) is 3.28. The lowest BCUT2D eigenvalue weighted by Crippen LogP contribution is -2.51. The van der Waals surface area contributed by atoms with Gasteiger partial charge in [0.25, 0.3) is 0 Å². The first kappa shape index (κ1) is 9.77. The molecule has 0 aliphatic carbocycles. The van der Waals surface area contributed by atoms with Gasteiger partial charge in [-0.15, -0.1) is 0 Å². The lowest BCUT2D eigenvalue weighted by molar-refractivity contribution is 0.359. The van der Waals surface area contributed by atoms with Gasteiger partial charge in [0, 0.05) is 18.6 Å². The number of nitrogens with zero attached hydrogens (tertiary/aromatic N) is 1. The van der Waals surface area contributed by atoms with Crippen molar-refractivity contribution in [3.8, 4) is 0 Å². The summed E-state index contributed by atoms with van der Waals surface area (Å²) in [5.41, 5.74) is 0.312. The van der Waals surface area contributed by atoms with Crippen molar-refractivity contribution < 1.29 is 0 Å². The Morgan fingerprint density at radius 3 is 3.00 bits per heavy atom. The molecule has 4 nitrogen and oxygen atoms in total. The molecule has 1 unspecified atom stereocenters. The predicted molar refractivity (Wildman–Crippen MR) is 58.6 cm³/mol. The third-order valence-electron chi connectivity index (χ3n) is 3.28. The largest absolute Gasteiger partial charge is 0.355 e. The predicted octanol–water partition coefficient (Wildman–Crippen LogP) is 0.0674. The maximum atomic E-state index is 4.33. The SMILES string of the molecule is CCC1(CNC2=NCCN2)CCCN1. The van der Waals surface area contributed by atoms with Crippen LogP contribution in [-0.4, -0.2) is 37.7 Å². The first-order chi connectivity index (χ1) is 6.85. The molecule has 2 aliphatic rings. The average Bonchev–Trinajstić information content (AvgIpc) is 2.87. The minimum absolute atomic E-state index is 0.312. The lowest BCUT2D eigenvalue weighted by atomic mass is 9.94. The summed E-state index contributed by atoms with van der Waals surface area (Å²) in [7, 11) is 0. The summed E-state index contributed by atoms with van der Waals surface area (Å²) in [4.78, 5) is 4.33. The van der Waals surface area contributed by atoms with Crippen molar-refractivity contribution in [2.45, 2.75) is 31.7 Å². The molecule has 0 amide bonds. The fraction of sp³-hybridized carbons (Fsp3) is 0.900. The summed E-state index contributed by atoms with van der Waals surface area (Å²) in [5, 5.41) is 10.2. The van der Waals surface area contributed by atoms with Gasteiger partial charge in [0.2, 0.25) is 0 Å². The molecule has 80 valence electrons. The fourth-order valence-corrected chi connectivity index (χ4v) is 2.22. The lowest BCUT2D eigenvalue weighted by Gasteiger charge is -2.28. The van der Waals surface area contributed by atoms with Gasteiger partial charge in [0.15, 0.2) is 5.96 Å². The van der Waals surface area contributed by atoms with E-state index in [1.165, 1.54) is 19.3 Å². The van der Waals surface area contributed by atoms with Crippen molar-refractivity contribution in [3.05, 3.63) is 0 Å². The number of rotatable bonds is 3. The third kappa shape index (κ3) is 2.00. The van der Waals surface area contributed by atoms with E-state index >= 15 is 0 Å². The van der Waals surface area contributed by atoms with Crippen molar-refractivity contribution in [1.29, 1.82) is 0 Å². The molecule has 0 radical (unpaired) electrons. The number of nitrogens with one attached hydrogen (secondary N) is 3. The fourth-order valence-electron chi connectivity index (χ4n) is 2.22. The van der Waals surface area contributed by atoms with Crippen LogP contribution in [0.2, 0.25) is 0 Å². The zero-order valence-electron chi connectivity index (χ0n) is 8.90. The highest BCUT2D eigenvalue weighted by Gasteiger charge is 2.31. The van der Waals surface area contributed by atoms with Crippen LogP contribution in [0.1, 0.15) is 26.2 Å². The summed E-state index contributed by atoms with van der Waals surface area (Å²) >= 11 is 0. The Labute approximate surface area is 85.6 Å². The van der Waals surface area contributed by atoms with Gasteiger partial charge in [0.1, 0.15) is 0 Å². The van der Waals surface area contributed by atoms with Crippen molar-refractivity contribution >= 4 is 5.96 Å². The minimum atomic E-state index is 0.312. The van der Waals surface area contributed by atoms with Gasteiger partial charge in [-0.3, -0.25) is 4.99 Å². The monoisotopic (exact) mass is 196 g/mol. The van der Waals surface area contributed by atoms with Gasteiger partial charge in [-0.25, -0.2) is 0 Å². The standard InChI is InChI=1S/C10H20N4/c1-2-10(4-3-5-14-10)8-13-9-11-6-7-12-9/h14H,2-8H2,1H3,(H2,11,12,13). The highest BCUT2D eigenvalue weighted by atomic mass is 15.2. The van der Waals surface area contributed by atoms with Crippen molar-refractivity contribution in [1.82, 2.24) is 16.0 Å². The van der Waals surface area contributed by atoms with Crippen LogP contribution < -0.4 is 16.0 Å². The van der Waals surface area contributed by atoms with Crippen molar-refractivity contribution in [3.63, 3.8) is 0 Å². The van der Waals surface area contributed by atoms with Crippen molar-refractivity contribution in [2.75, 3.05) is 26.2 Å². The molecule has 4 heteroatoms. The quantitative estimate of drug-likeness (QED) is 0.598. The molecule has 0 aromatic heterocycles. The highest BCUT2D eigenvalue weighted by Crippen LogP contribution is 2.21. The molecule has 3 N–H and O–H groups in total. The Kier molecular flexibility index (Phi) is 2.91. The summed E-state index contributed by atoms with van der Waals surface area (Å²) in [6.45, 7) is 6.30. The zero-order valence-corrected chi connectivity index (χ0v) is 8.90. The Morgan fingerprint density at radius 2 is 2.43 bits per heavy atom. The number of aliphatic imine (C=N–C) groups is 1. The Morgan fingerprint density at radius 1 is 1.50 bits per heavy atom. The second-order valence-corrected chi connectivity index (χ2v) is 4.17. The van der Waals surface area contributed by atoms with Crippen molar-refractivity contribution in [2.24, 2.45) is 4.99 Å². The van der Waals surface area contributed by atoms with Crippen LogP contribution in [0.15, 0.2) is 4.99 Å². The van der Waals surface area contributed by atoms with Crippen LogP contribution in [0.5, 0.6) is 0 Å². The molecule has 14 heavy (non-hydrogen) atoms. The van der Waals surface area contributed by atoms with Gasteiger partial charge in [-0.1, -0.05) is 6.92 Å². The Balaban J connectivity index is 1.82. The topological polar surface area (TPSA) is 48.5 Å². The average molecular weight is 196 g/mol. The van der Waals surface area contributed by atoms with E-state index in [0.717, 1.165) is 32.1 Å². The summed E-state index contributed by atoms with van der Waals surface area (Å²) < 4.78 is 0. The summed E-state index contributed by atoms with van der Waals surface area (Å²) in [6, 6.07) is 0. The smallest absolute Gasteiger partial charge is 0.191 e. The number of hydrogen-bond donors (Lipinski definition) is 3. The molecule has 2 aliphatic heterocycles. The second-order valence-electron chi connectivity index (χ2n) is 4.17. The molecule has 0 bridgehead atoms. The molecule has 1 fully saturated rings. The van der Waals surface area contributed by atoms with E-state index in [1.807, 2.05) is 0 Å². The molecular weight excluding hydrogens is 176 g/mol. The molecule has 1 atom stereocenters. The van der Waals surface area contributed by atoms with Crippen LogP contribution in [-0.2, 0) is 0 Å². The first-order valence-electron chi connectivity index (χ1n) is 5.62. The summed E-state index contributed by atoms with van der Waals surface area (Å²) in [5.74, 6) is 0.978. The minimum Gasteiger partial charge on any atom is -0.355 e. The van der Waals surface area contributed by atoms with E-state index in [0.29, 0.717) is 5.54 Å². The van der Waals surface area contributed by atoms with E-state index in [9.17, 15) is 0 Å². The van der Waals surface area contributed by atoms with Gasteiger partial charge >= 0.3 is 0 Å². The maximum absolute atomic E-state index is 4.33. The normalized spacial score (nSPS) is 31.4. The summed E-state index contributed by atoms with van der Waals surface area (Å²) in [6.07, 6.45) is 3.77. The van der Waals surface area contributed by atoms with Crippen LogP contribution in [0.25, 0.3) is 0 Å². The molecule has 0 aromatic rings. The van der Waals surface area contributed by atoms with Gasteiger partial charge in [-0.2, -0.15) is 0 Å². The number of hydrogen-bond acceptors (Lipinski definition) is 4. The molecular formula is C10H20N4. The Bertz CT molecular complexity index is 218. The first-order valence-corrected chi connectivity index (χ1v) is 5.62. The molecule has 0 aromatic carbocycles. The second kappa shape index (κ2) is 4.17. The van der Waals surface area contributed by atoms with E-state index in [4.69, 9.17) is 0 Å². The highest BCUT2D eigenvalue weighted by molar-refractivity contribution is 5.81. The molecule has 0 spiro atoms. The molecule has 1 saturated heterocycles. The zero-order chi connectivity index (χ0) is 9.86. The molecule has 2 rings (SSSR count). The van der Waals surface area contributed by atoms with Crippen LogP contribution in [0, 0.1) is 0 Å². The van der Waals surface area contributed by atoms with Gasteiger partial charge < -0.3 is 16.0 Å². The molecule has 0 saturated carbocycles. The van der Waals surface area contributed by atoms with E-state index < -0.39 is 0 Å². The molecule has 2 heterocycles.